The van der Waals surface area contributed by atoms with Crippen LogP contribution in [0.1, 0.15) is 38.4 Å². The van der Waals surface area contributed by atoms with E-state index >= 15 is 0 Å². The Morgan fingerprint density at radius 2 is 2.19 bits per heavy atom. The maximum Gasteiger partial charge on any atom is 0.0785 e. The van der Waals surface area contributed by atoms with Gasteiger partial charge in [0.25, 0.3) is 0 Å². The standard InChI is InChI=1S/C12H21N3O/c1-4-6-11(16-5-2)12(13-3)10-9-14-7-8-15-10/h7-9,11-13H,4-6H2,1-3H3. The first kappa shape index (κ1) is 13.1. The summed E-state index contributed by atoms with van der Waals surface area (Å²) < 4.78 is 5.76. The Balaban J connectivity index is 2.77. The number of nitrogens with one attached hydrogen (secondary N) is 1. The number of ether oxygens (including phenoxy) is 1. The molecular formula is C12H21N3O. The molecule has 0 radical (unpaired) electrons. The van der Waals surface area contributed by atoms with E-state index in [0.717, 1.165) is 25.1 Å². The molecular weight excluding hydrogens is 202 g/mol. The van der Waals surface area contributed by atoms with Crippen LogP contribution < -0.4 is 5.32 Å². The van der Waals surface area contributed by atoms with Crippen molar-refractivity contribution < 1.29 is 4.74 Å². The average molecular weight is 223 g/mol. The van der Waals surface area contributed by atoms with Crippen LogP contribution in [-0.2, 0) is 4.74 Å². The van der Waals surface area contributed by atoms with E-state index < -0.39 is 0 Å². The molecule has 0 spiro atoms. The first-order chi connectivity index (χ1) is 7.83. The molecule has 16 heavy (non-hydrogen) atoms. The van der Waals surface area contributed by atoms with Crippen LogP contribution in [0, 0.1) is 0 Å². The topological polar surface area (TPSA) is 47.0 Å². The molecule has 0 saturated heterocycles. The minimum Gasteiger partial charge on any atom is -0.376 e. The Morgan fingerprint density at radius 3 is 2.69 bits per heavy atom. The number of aromatic nitrogens is 2. The highest BCUT2D eigenvalue weighted by Gasteiger charge is 2.22. The second-order valence-electron chi connectivity index (χ2n) is 3.68. The van der Waals surface area contributed by atoms with Crippen molar-refractivity contribution in [2.24, 2.45) is 0 Å². The third-order valence-corrected chi connectivity index (χ3v) is 2.54. The summed E-state index contributed by atoms with van der Waals surface area (Å²) in [5.41, 5.74) is 0.942. The van der Waals surface area contributed by atoms with Gasteiger partial charge in [0.1, 0.15) is 0 Å². The van der Waals surface area contributed by atoms with Gasteiger partial charge in [-0.25, -0.2) is 0 Å². The highest BCUT2D eigenvalue weighted by atomic mass is 16.5. The van der Waals surface area contributed by atoms with Crippen LogP contribution in [0.2, 0.25) is 0 Å². The van der Waals surface area contributed by atoms with E-state index in [2.05, 4.69) is 22.2 Å². The zero-order valence-electron chi connectivity index (χ0n) is 10.3. The van der Waals surface area contributed by atoms with E-state index in [0.29, 0.717) is 0 Å². The lowest BCUT2D eigenvalue weighted by Crippen LogP contribution is -2.32. The second kappa shape index (κ2) is 7.30. The lowest BCUT2D eigenvalue weighted by molar-refractivity contribution is 0.0284. The third kappa shape index (κ3) is 3.54. The fraction of sp³-hybridized carbons (Fsp3) is 0.667. The van der Waals surface area contributed by atoms with Crippen LogP contribution in [0.4, 0.5) is 0 Å². The van der Waals surface area contributed by atoms with E-state index in [9.17, 15) is 0 Å². The van der Waals surface area contributed by atoms with Crippen molar-refractivity contribution >= 4 is 0 Å². The van der Waals surface area contributed by atoms with Gasteiger partial charge in [0.2, 0.25) is 0 Å². The van der Waals surface area contributed by atoms with Crippen molar-refractivity contribution in [3.63, 3.8) is 0 Å². The van der Waals surface area contributed by atoms with E-state index in [1.54, 1.807) is 18.6 Å². The lowest BCUT2D eigenvalue weighted by atomic mass is 10.0. The molecule has 1 heterocycles. The molecule has 0 bridgehead atoms. The van der Waals surface area contributed by atoms with Crippen LogP contribution >= 0.6 is 0 Å². The van der Waals surface area contributed by atoms with Gasteiger partial charge in [0.15, 0.2) is 0 Å². The SMILES string of the molecule is CCCC(OCC)C(NC)c1cnccn1. The smallest absolute Gasteiger partial charge is 0.0785 e. The van der Waals surface area contributed by atoms with E-state index in [1.807, 2.05) is 14.0 Å². The molecule has 0 saturated carbocycles. The molecule has 1 rings (SSSR count). The summed E-state index contributed by atoms with van der Waals surface area (Å²) in [5, 5.41) is 3.26. The Bertz CT molecular complexity index is 273. The van der Waals surface area contributed by atoms with Crippen LogP contribution in [0.15, 0.2) is 18.6 Å². The zero-order chi connectivity index (χ0) is 11.8. The van der Waals surface area contributed by atoms with Crippen molar-refractivity contribution in [3.8, 4) is 0 Å². The monoisotopic (exact) mass is 223 g/mol. The van der Waals surface area contributed by atoms with Crippen molar-refractivity contribution in [3.05, 3.63) is 24.3 Å². The lowest BCUT2D eigenvalue weighted by Gasteiger charge is -2.25. The summed E-state index contributed by atoms with van der Waals surface area (Å²) in [5.74, 6) is 0. The van der Waals surface area contributed by atoms with Gasteiger partial charge in [-0.15, -0.1) is 0 Å². The molecule has 0 amide bonds. The molecule has 0 aliphatic carbocycles. The van der Waals surface area contributed by atoms with Gasteiger partial charge in [0, 0.05) is 19.0 Å². The molecule has 4 nitrogen and oxygen atoms in total. The van der Waals surface area contributed by atoms with Crippen LogP contribution in [0.5, 0.6) is 0 Å². The van der Waals surface area contributed by atoms with Gasteiger partial charge in [-0.2, -0.15) is 0 Å². The highest BCUT2D eigenvalue weighted by molar-refractivity contribution is 5.04. The molecule has 0 fully saturated rings. The predicted octanol–water partition coefficient (Wildman–Crippen LogP) is 1.94. The molecule has 1 N–H and O–H groups in total. The molecule has 4 heteroatoms. The minimum absolute atomic E-state index is 0.119. The first-order valence-corrected chi connectivity index (χ1v) is 5.88. The Kier molecular flexibility index (Phi) is 5.96. The van der Waals surface area contributed by atoms with Crippen molar-refractivity contribution in [2.45, 2.75) is 38.8 Å². The quantitative estimate of drug-likeness (QED) is 0.767. The first-order valence-electron chi connectivity index (χ1n) is 5.88. The van der Waals surface area contributed by atoms with Crippen molar-refractivity contribution in [2.75, 3.05) is 13.7 Å². The summed E-state index contributed by atoms with van der Waals surface area (Å²) in [6.45, 7) is 4.91. The number of likely N-dealkylation sites (N-methyl/N-ethyl adjacent to an activating group) is 1. The molecule has 0 aliphatic heterocycles. The van der Waals surface area contributed by atoms with E-state index in [1.165, 1.54) is 0 Å². The van der Waals surface area contributed by atoms with Gasteiger partial charge in [-0.05, 0) is 20.4 Å². The molecule has 1 aromatic heterocycles. The minimum atomic E-state index is 0.119. The normalized spacial score (nSPS) is 14.7. The fourth-order valence-electron chi connectivity index (χ4n) is 1.84. The van der Waals surface area contributed by atoms with E-state index in [4.69, 9.17) is 4.74 Å². The number of rotatable bonds is 7. The van der Waals surface area contributed by atoms with Gasteiger partial charge in [-0.1, -0.05) is 13.3 Å². The maximum absolute atomic E-state index is 5.76. The Labute approximate surface area is 97.5 Å². The molecule has 2 unspecified atom stereocenters. The Hall–Kier alpha value is -1.00. The molecule has 90 valence electrons. The van der Waals surface area contributed by atoms with Crippen molar-refractivity contribution in [1.82, 2.24) is 15.3 Å². The van der Waals surface area contributed by atoms with Gasteiger partial charge < -0.3 is 10.1 Å². The molecule has 2 atom stereocenters. The highest BCUT2D eigenvalue weighted by Crippen LogP contribution is 2.20. The van der Waals surface area contributed by atoms with Crippen LogP contribution in [0.3, 0.4) is 0 Å². The van der Waals surface area contributed by atoms with Crippen LogP contribution in [-0.4, -0.2) is 29.7 Å². The summed E-state index contributed by atoms with van der Waals surface area (Å²) in [4.78, 5) is 8.43. The predicted molar refractivity (Wildman–Crippen MR) is 64.2 cm³/mol. The fourth-order valence-corrected chi connectivity index (χ4v) is 1.84. The van der Waals surface area contributed by atoms with E-state index in [-0.39, 0.29) is 12.1 Å². The van der Waals surface area contributed by atoms with Crippen molar-refractivity contribution in [1.29, 1.82) is 0 Å². The summed E-state index contributed by atoms with van der Waals surface area (Å²) in [6.07, 6.45) is 7.49. The van der Waals surface area contributed by atoms with Gasteiger partial charge in [-0.3, -0.25) is 9.97 Å². The molecule has 0 aliphatic rings. The number of hydrogen-bond donors (Lipinski definition) is 1. The average Bonchev–Trinajstić information content (AvgIpc) is 2.32. The largest absolute Gasteiger partial charge is 0.376 e. The molecule has 0 aromatic carbocycles. The molecule has 1 aromatic rings. The van der Waals surface area contributed by atoms with Gasteiger partial charge in [0.05, 0.1) is 24.0 Å². The number of hydrogen-bond acceptors (Lipinski definition) is 4. The maximum atomic E-state index is 5.76. The zero-order valence-corrected chi connectivity index (χ0v) is 10.3. The Morgan fingerprint density at radius 1 is 1.38 bits per heavy atom. The number of nitrogens with zero attached hydrogens (tertiary/aromatic N) is 2. The summed E-state index contributed by atoms with van der Waals surface area (Å²) in [6, 6.07) is 0.119. The summed E-state index contributed by atoms with van der Waals surface area (Å²) in [7, 11) is 1.93. The van der Waals surface area contributed by atoms with Crippen LogP contribution in [0.25, 0.3) is 0 Å². The third-order valence-electron chi connectivity index (χ3n) is 2.54. The summed E-state index contributed by atoms with van der Waals surface area (Å²) >= 11 is 0. The van der Waals surface area contributed by atoms with Gasteiger partial charge >= 0.3 is 0 Å². The second-order valence-corrected chi connectivity index (χ2v) is 3.68.